The molecule has 0 aliphatic heterocycles. The van der Waals surface area contributed by atoms with Gasteiger partial charge in [-0.25, -0.2) is 0 Å². The Morgan fingerprint density at radius 2 is 0.800 bits per heavy atom. The van der Waals surface area contributed by atoms with Crippen LogP contribution in [0.25, 0.3) is 41.7 Å². The smallest absolute Gasteiger partial charge is 0.0349 e. The van der Waals surface area contributed by atoms with Crippen LogP contribution in [0.5, 0.6) is 0 Å². The standard InChI is InChI=1S/C18H10S2/c1-2-14-12(4-6-18-16(14)8-10-20-18)11-3-5-17-15(13(1)11)7-9-19-17/h1-10H. The molecule has 0 nitrogen and oxygen atoms in total. The third-order valence-electron chi connectivity index (χ3n) is 4.06. The van der Waals surface area contributed by atoms with Crippen molar-refractivity contribution in [3.8, 4) is 0 Å². The SMILES string of the molecule is c1cc2c(ccc3c2ccc2c4ccsc4ccc23)s1. The van der Waals surface area contributed by atoms with Gasteiger partial charge in [0.25, 0.3) is 0 Å². The third kappa shape index (κ3) is 1.30. The third-order valence-corrected chi connectivity index (χ3v) is 5.82. The zero-order valence-corrected chi connectivity index (χ0v) is 12.2. The fourth-order valence-electron chi connectivity index (χ4n) is 3.13. The van der Waals surface area contributed by atoms with E-state index in [-0.39, 0.29) is 0 Å². The Bertz CT molecular complexity index is 1010. The normalized spacial score (nSPS) is 12.0. The Hall–Kier alpha value is -1.90. The molecule has 2 heteroatoms. The lowest BCUT2D eigenvalue weighted by molar-refractivity contribution is 1.89. The summed E-state index contributed by atoms with van der Waals surface area (Å²) >= 11 is 3.63. The average molecular weight is 290 g/mol. The molecular weight excluding hydrogens is 280 g/mol. The number of hydrogen-bond donors (Lipinski definition) is 0. The second-order valence-electron chi connectivity index (χ2n) is 5.05. The summed E-state index contributed by atoms with van der Waals surface area (Å²) in [6, 6.07) is 18.1. The zero-order valence-electron chi connectivity index (χ0n) is 10.6. The van der Waals surface area contributed by atoms with E-state index in [1.807, 2.05) is 22.7 Å². The van der Waals surface area contributed by atoms with Crippen molar-refractivity contribution in [2.75, 3.05) is 0 Å². The molecule has 0 radical (unpaired) electrons. The van der Waals surface area contributed by atoms with Gasteiger partial charge in [-0.2, -0.15) is 0 Å². The van der Waals surface area contributed by atoms with Crippen molar-refractivity contribution in [3.63, 3.8) is 0 Å². The van der Waals surface area contributed by atoms with Crippen LogP contribution in [0.3, 0.4) is 0 Å². The fourth-order valence-corrected chi connectivity index (χ4v) is 4.73. The molecule has 2 aromatic heterocycles. The van der Waals surface area contributed by atoms with Crippen molar-refractivity contribution in [2.45, 2.75) is 0 Å². The molecule has 0 fully saturated rings. The summed E-state index contributed by atoms with van der Waals surface area (Å²) in [4.78, 5) is 0. The van der Waals surface area contributed by atoms with Gasteiger partial charge in [0.15, 0.2) is 0 Å². The Balaban J connectivity index is 2.09. The van der Waals surface area contributed by atoms with Gasteiger partial charge in [-0.15, -0.1) is 22.7 Å². The van der Waals surface area contributed by atoms with Gasteiger partial charge in [-0.3, -0.25) is 0 Å². The molecule has 0 unspecified atom stereocenters. The summed E-state index contributed by atoms with van der Waals surface area (Å²) < 4.78 is 2.74. The van der Waals surface area contributed by atoms with E-state index in [0.29, 0.717) is 0 Å². The van der Waals surface area contributed by atoms with Crippen molar-refractivity contribution in [2.24, 2.45) is 0 Å². The molecule has 0 atom stereocenters. The van der Waals surface area contributed by atoms with E-state index in [9.17, 15) is 0 Å². The number of hydrogen-bond acceptors (Lipinski definition) is 2. The molecule has 2 heterocycles. The van der Waals surface area contributed by atoms with Crippen molar-refractivity contribution >= 4 is 64.4 Å². The molecule has 0 aliphatic carbocycles. The molecule has 0 N–H and O–H groups in total. The predicted octanol–water partition coefficient (Wildman–Crippen LogP) is 6.42. The first-order valence-corrected chi connectivity index (χ1v) is 8.37. The van der Waals surface area contributed by atoms with Gasteiger partial charge < -0.3 is 0 Å². The van der Waals surface area contributed by atoms with Gasteiger partial charge in [-0.05, 0) is 56.6 Å². The highest BCUT2D eigenvalue weighted by molar-refractivity contribution is 7.17. The molecule has 3 aromatic carbocycles. The van der Waals surface area contributed by atoms with Gasteiger partial charge in [0, 0.05) is 20.2 Å². The van der Waals surface area contributed by atoms with Crippen molar-refractivity contribution in [1.82, 2.24) is 0 Å². The van der Waals surface area contributed by atoms with Gasteiger partial charge in [-0.1, -0.05) is 24.3 Å². The first kappa shape index (κ1) is 10.8. The number of fused-ring (bicyclic) bond motifs is 7. The first-order chi connectivity index (χ1) is 9.92. The summed E-state index contributed by atoms with van der Waals surface area (Å²) in [5, 5.41) is 12.6. The maximum atomic E-state index is 2.28. The molecule has 0 saturated heterocycles. The van der Waals surface area contributed by atoms with E-state index in [1.54, 1.807) is 0 Å². The molecule has 0 aliphatic rings. The summed E-state index contributed by atoms with van der Waals surface area (Å²) in [6.45, 7) is 0. The number of benzene rings is 3. The fraction of sp³-hybridized carbons (Fsp3) is 0. The monoisotopic (exact) mass is 290 g/mol. The second kappa shape index (κ2) is 3.81. The largest absolute Gasteiger partial charge is 0.144 e. The van der Waals surface area contributed by atoms with Crippen molar-refractivity contribution < 1.29 is 0 Å². The van der Waals surface area contributed by atoms with Gasteiger partial charge in [0.1, 0.15) is 0 Å². The van der Waals surface area contributed by atoms with E-state index in [2.05, 4.69) is 59.3 Å². The van der Waals surface area contributed by atoms with Crippen LogP contribution >= 0.6 is 22.7 Å². The van der Waals surface area contributed by atoms with Gasteiger partial charge >= 0.3 is 0 Å². The maximum Gasteiger partial charge on any atom is 0.0349 e. The highest BCUT2D eigenvalue weighted by Crippen LogP contribution is 2.37. The summed E-state index contributed by atoms with van der Waals surface area (Å²) in [5.74, 6) is 0. The lowest BCUT2D eigenvalue weighted by Gasteiger charge is -2.06. The summed E-state index contributed by atoms with van der Waals surface area (Å²) in [6.07, 6.45) is 0. The number of thiophene rings is 2. The van der Waals surface area contributed by atoms with Gasteiger partial charge in [0.2, 0.25) is 0 Å². The first-order valence-electron chi connectivity index (χ1n) is 6.61. The Kier molecular flexibility index (Phi) is 2.07. The second-order valence-corrected chi connectivity index (χ2v) is 6.95. The van der Waals surface area contributed by atoms with Crippen LogP contribution in [0.4, 0.5) is 0 Å². The Labute approximate surface area is 123 Å². The molecular formula is C18H10S2. The van der Waals surface area contributed by atoms with Crippen LogP contribution in [0, 0.1) is 0 Å². The molecule has 5 rings (SSSR count). The van der Waals surface area contributed by atoms with Crippen LogP contribution in [-0.4, -0.2) is 0 Å². The van der Waals surface area contributed by atoms with Crippen molar-refractivity contribution in [3.05, 3.63) is 59.3 Å². The molecule has 0 spiro atoms. The van der Waals surface area contributed by atoms with E-state index >= 15 is 0 Å². The number of rotatable bonds is 0. The Morgan fingerprint density at radius 3 is 1.30 bits per heavy atom. The van der Waals surface area contributed by atoms with Gasteiger partial charge in [0.05, 0.1) is 0 Å². The highest BCUT2D eigenvalue weighted by Gasteiger charge is 2.07. The van der Waals surface area contributed by atoms with E-state index < -0.39 is 0 Å². The van der Waals surface area contributed by atoms with Crippen LogP contribution in [-0.2, 0) is 0 Å². The lowest BCUT2D eigenvalue weighted by atomic mass is 9.98. The van der Waals surface area contributed by atoms with E-state index in [4.69, 9.17) is 0 Å². The molecule has 0 amide bonds. The minimum atomic E-state index is 1.36. The topological polar surface area (TPSA) is 0 Å². The van der Waals surface area contributed by atoms with Crippen LogP contribution in [0.15, 0.2) is 59.3 Å². The summed E-state index contributed by atoms with van der Waals surface area (Å²) in [7, 11) is 0. The molecule has 0 bridgehead atoms. The molecule has 5 aromatic rings. The van der Waals surface area contributed by atoms with Crippen LogP contribution in [0.2, 0.25) is 0 Å². The molecule has 94 valence electrons. The highest BCUT2D eigenvalue weighted by atomic mass is 32.1. The minimum Gasteiger partial charge on any atom is -0.144 e. The van der Waals surface area contributed by atoms with E-state index in [1.165, 1.54) is 41.7 Å². The average Bonchev–Trinajstić information content (AvgIpc) is 3.14. The molecule has 20 heavy (non-hydrogen) atoms. The Morgan fingerprint density at radius 1 is 0.400 bits per heavy atom. The summed E-state index contributed by atoms with van der Waals surface area (Å²) in [5.41, 5.74) is 0. The quantitative estimate of drug-likeness (QED) is 0.289. The van der Waals surface area contributed by atoms with Crippen LogP contribution in [0.1, 0.15) is 0 Å². The lowest BCUT2D eigenvalue weighted by Crippen LogP contribution is -1.78. The van der Waals surface area contributed by atoms with Crippen molar-refractivity contribution in [1.29, 1.82) is 0 Å². The van der Waals surface area contributed by atoms with E-state index in [0.717, 1.165) is 0 Å². The predicted molar refractivity (Wildman–Crippen MR) is 92.2 cm³/mol. The zero-order chi connectivity index (χ0) is 13.1. The van der Waals surface area contributed by atoms with Crippen LogP contribution < -0.4 is 0 Å². The maximum absolute atomic E-state index is 2.28. The minimum absolute atomic E-state index is 1.36. The molecule has 0 saturated carbocycles.